The molecule has 0 fully saturated rings. The molecule has 0 aliphatic heterocycles. The minimum absolute atomic E-state index is 0.146. The monoisotopic (exact) mass is 168 g/mol. The van der Waals surface area contributed by atoms with Crippen LogP contribution in [0.3, 0.4) is 0 Å². The molecule has 0 unspecified atom stereocenters. The zero-order valence-electron chi connectivity index (χ0n) is 6.87. The van der Waals surface area contributed by atoms with E-state index >= 15 is 0 Å². The summed E-state index contributed by atoms with van der Waals surface area (Å²) in [4.78, 5) is 10.9. The molecule has 0 spiro atoms. The van der Waals surface area contributed by atoms with E-state index in [2.05, 4.69) is 16.8 Å². The molecule has 0 saturated heterocycles. The Bertz CT molecular complexity index is 267. The number of esters is 1. The Morgan fingerprint density at radius 1 is 1.83 bits per heavy atom. The molecule has 1 aromatic heterocycles. The van der Waals surface area contributed by atoms with Crippen LogP contribution in [0.5, 0.6) is 0 Å². The van der Waals surface area contributed by atoms with E-state index in [1.54, 1.807) is 13.0 Å². The van der Waals surface area contributed by atoms with Gasteiger partial charge in [0, 0.05) is 6.07 Å². The van der Waals surface area contributed by atoms with Crippen molar-refractivity contribution in [1.82, 2.24) is 5.16 Å². The van der Waals surface area contributed by atoms with Crippen molar-refractivity contribution in [2.24, 2.45) is 0 Å². The first kappa shape index (κ1) is 8.77. The van der Waals surface area contributed by atoms with E-state index in [1.165, 1.54) is 0 Å². The number of nitrogens with zero attached hydrogens (tertiary/aromatic N) is 1. The standard InChI is InChI=1S/C8H10NO3/c1-3-11-8(10)5-7-4-6(2)12-9-7/h4H,1,3,5H2,2H3. The molecule has 0 amide bonds. The third-order valence-electron chi connectivity index (χ3n) is 1.27. The average molecular weight is 168 g/mol. The van der Waals surface area contributed by atoms with Crippen molar-refractivity contribution in [3.8, 4) is 0 Å². The molecule has 4 heteroatoms. The summed E-state index contributed by atoms with van der Waals surface area (Å²) >= 11 is 0. The number of hydrogen-bond donors (Lipinski definition) is 0. The van der Waals surface area contributed by atoms with Crippen molar-refractivity contribution in [1.29, 1.82) is 0 Å². The molecule has 0 N–H and O–H groups in total. The van der Waals surface area contributed by atoms with E-state index < -0.39 is 0 Å². The lowest BCUT2D eigenvalue weighted by Crippen LogP contribution is -2.07. The Morgan fingerprint density at radius 3 is 3.08 bits per heavy atom. The van der Waals surface area contributed by atoms with Gasteiger partial charge >= 0.3 is 5.97 Å². The molecule has 0 aromatic carbocycles. The zero-order chi connectivity index (χ0) is 8.97. The molecular formula is C8H10NO3. The van der Waals surface area contributed by atoms with Crippen LogP contribution in [-0.4, -0.2) is 17.7 Å². The van der Waals surface area contributed by atoms with Crippen molar-refractivity contribution in [3.63, 3.8) is 0 Å². The molecule has 0 saturated carbocycles. The summed E-state index contributed by atoms with van der Waals surface area (Å²) in [7, 11) is 0. The topological polar surface area (TPSA) is 52.3 Å². The minimum Gasteiger partial charge on any atom is -0.465 e. The second-order valence-electron chi connectivity index (χ2n) is 2.33. The predicted molar refractivity (Wildman–Crippen MR) is 41.3 cm³/mol. The fraction of sp³-hybridized carbons (Fsp3) is 0.375. The van der Waals surface area contributed by atoms with Crippen molar-refractivity contribution in [2.45, 2.75) is 13.3 Å². The largest absolute Gasteiger partial charge is 0.465 e. The number of carbonyl (C=O) groups excluding carboxylic acids is 1. The third-order valence-corrected chi connectivity index (χ3v) is 1.27. The van der Waals surface area contributed by atoms with Crippen LogP contribution in [0.25, 0.3) is 0 Å². The van der Waals surface area contributed by atoms with Crippen LogP contribution in [-0.2, 0) is 16.0 Å². The lowest BCUT2D eigenvalue weighted by molar-refractivity contribution is -0.141. The van der Waals surface area contributed by atoms with E-state index in [9.17, 15) is 4.79 Å². The number of rotatable bonds is 3. The van der Waals surface area contributed by atoms with E-state index in [1.807, 2.05) is 0 Å². The summed E-state index contributed by atoms with van der Waals surface area (Å²) in [6, 6.07) is 1.70. The van der Waals surface area contributed by atoms with Crippen molar-refractivity contribution in [3.05, 3.63) is 24.4 Å². The van der Waals surface area contributed by atoms with Crippen molar-refractivity contribution < 1.29 is 14.1 Å². The second kappa shape index (κ2) is 3.90. The Hall–Kier alpha value is -1.32. The molecule has 65 valence electrons. The maximum absolute atomic E-state index is 10.9. The van der Waals surface area contributed by atoms with Gasteiger partial charge in [0.1, 0.15) is 5.76 Å². The number of hydrogen-bond acceptors (Lipinski definition) is 4. The highest BCUT2D eigenvalue weighted by Crippen LogP contribution is 2.02. The first-order chi connectivity index (χ1) is 5.72. The second-order valence-corrected chi connectivity index (χ2v) is 2.33. The Balaban J connectivity index is 2.46. The molecule has 1 aromatic rings. The predicted octanol–water partition coefficient (Wildman–Crippen LogP) is 0.903. The SMILES string of the molecule is [CH2]COC(=O)Cc1cc(C)on1. The summed E-state index contributed by atoms with van der Waals surface area (Å²) in [5.41, 5.74) is 0.589. The normalized spacial score (nSPS) is 9.83. The first-order valence-electron chi connectivity index (χ1n) is 3.59. The maximum atomic E-state index is 10.9. The molecule has 0 atom stereocenters. The molecule has 12 heavy (non-hydrogen) atoms. The fourth-order valence-electron chi connectivity index (χ4n) is 0.814. The summed E-state index contributed by atoms with van der Waals surface area (Å²) in [5.74, 6) is 0.353. The lowest BCUT2D eigenvalue weighted by Gasteiger charge is -1.96. The van der Waals surface area contributed by atoms with E-state index in [4.69, 9.17) is 4.52 Å². The van der Waals surface area contributed by atoms with Gasteiger partial charge in [-0.15, -0.1) is 0 Å². The Kier molecular flexibility index (Phi) is 2.85. The third kappa shape index (κ3) is 2.38. The number of carbonyl (C=O) groups is 1. The molecule has 1 rings (SSSR count). The van der Waals surface area contributed by atoms with Gasteiger partial charge in [0.2, 0.25) is 0 Å². The van der Waals surface area contributed by atoms with Crippen LogP contribution in [0.4, 0.5) is 0 Å². The Labute approximate surface area is 70.5 Å². The lowest BCUT2D eigenvalue weighted by atomic mass is 10.3. The van der Waals surface area contributed by atoms with Gasteiger partial charge in [0.15, 0.2) is 0 Å². The van der Waals surface area contributed by atoms with Gasteiger partial charge < -0.3 is 9.26 Å². The van der Waals surface area contributed by atoms with Crippen LogP contribution in [0, 0.1) is 13.8 Å². The molecular weight excluding hydrogens is 158 g/mol. The number of aryl methyl sites for hydroxylation is 1. The average Bonchev–Trinajstić information content (AvgIpc) is 2.36. The highest BCUT2D eigenvalue weighted by atomic mass is 16.5. The van der Waals surface area contributed by atoms with E-state index in [0.717, 1.165) is 0 Å². The Morgan fingerprint density at radius 2 is 2.58 bits per heavy atom. The summed E-state index contributed by atoms with van der Waals surface area (Å²) in [5, 5.41) is 3.64. The summed E-state index contributed by atoms with van der Waals surface area (Å²) in [6.45, 7) is 5.30. The van der Waals surface area contributed by atoms with Gasteiger partial charge in [-0.1, -0.05) is 5.16 Å². The smallest absolute Gasteiger partial charge is 0.311 e. The van der Waals surface area contributed by atoms with Gasteiger partial charge in [-0.05, 0) is 13.8 Å². The molecule has 4 nitrogen and oxygen atoms in total. The molecule has 0 aliphatic rings. The highest BCUT2D eigenvalue weighted by molar-refractivity contribution is 5.71. The first-order valence-corrected chi connectivity index (χ1v) is 3.59. The fourth-order valence-corrected chi connectivity index (χ4v) is 0.814. The van der Waals surface area contributed by atoms with Crippen LogP contribution in [0.15, 0.2) is 10.6 Å². The minimum atomic E-state index is -0.335. The highest BCUT2D eigenvalue weighted by Gasteiger charge is 2.07. The van der Waals surface area contributed by atoms with Gasteiger partial charge in [-0.2, -0.15) is 0 Å². The van der Waals surface area contributed by atoms with Crippen LogP contribution < -0.4 is 0 Å². The summed E-state index contributed by atoms with van der Waals surface area (Å²) in [6.07, 6.45) is 0.146. The van der Waals surface area contributed by atoms with E-state index in [-0.39, 0.29) is 19.0 Å². The van der Waals surface area contributed by atoms with Crippen LogP contribution in [0.1, 0.15) is 11.5 Å². The molecule has 0 bridgehead atoms. The van der Waals surface area contributed by atoms with E-state index in [0.29, 0.717) is 11.5 Å². The van der Waals surface area contributed by atoms with Gasteiger partial charge in [0.25, 0.3) is 0 Å². The molecule has 0 aliphatic carbocycles. The van der Waals surface area contributed by atoms with Crippen molar-refractivity contribution >= 4 is 5.97 Å². The zero-order valence-corrected chi connectivity index (χ0v) is 6.87. The van der Waals surface area contributed by atoms with Crippen molar-refractivity contribution in [2.75, 3.05) is 6.61 Å². The molecule has 1 radical (unpaired) electrons. The number of aromatic nitrogens is 1. The summed E-state index contributed by atoms with van der Waals surface area (Å²) < 4.78 is 9.39. The van der Waals surface area contributed by atoms with Gasteiger partial charge in [-0.25, -0.2) is 0 Å². The van der Waals surface area contributed by atoms with Gasteiger partial charge in [-0.3, -0.25) is 4.79 Å². The molecule has 1 heterocycles. The maximum Gasteiger partial charge on any atom is 0.311 e. The number of ether oxygens (including phenoxy) is 1. The van der Waals surface area contributed by atoms with Gasteiger partial charge in [0.05, 0.1) is 18.7 Å². The quantitative estimate of drug-likeness (QED) is 0.629. The van der Waals surface area contributed by atoms with Crippen LogP contribution in [0.2, 0.25) is 0 Å². The van der Waals surface area contributed by atoms with Crippen LogP contribution >= 0.6 is 0 Å².